The molecule has 0 aliphatic carbocycles. The second kappa shape index (κ2) is 3.90. The van der Waals surface area contributed by atoms with Gasteiger partial charge < -0.3 is 4.74 Å². The van der Waals surface area contributed by atoms with Gasteiger partial charge in [-0.25, -0.2) is 0 Å². The first-order chi connectivity index (χ1) is 5.72. The molecule has 0 bridgehead atoms. The second-order valence-corrected chi connectivity index (χ2v) is 3.30. The molecule has 70 valence electrons. The van der Waals surface area contributed by atoms with Crippen LogP contribution in [0.2, 0.25) is 0 Å². The number of hydrogen-bond acceptors (Lipinski definition) is 3. The molecule has 3 atom stereocenters. The molecule has 0 radical (unpaired) electrons. The van der Waals surface area contributed by atoms with Crippen LogP contribution < -0.4 is 0 Å². The number of carbonyl (C=O) groups is 1. The van der Waals surface area contributed by atoms with Crippen molar-refractivity contribution in [3.05, 3.63) is 0 Å². The number of rotatable bonds is 4. The van der Waals surface area contributed by atoms with E-state index in [0.717, 1.165) is 13.0 Å². The molecule has 0 aromatic heterocycles. The van der Waals surface area contributed by atoms with Crippen LogP contribution in [0.15, 0.2) is 0 Å². The van der Waals surface area contributed by atoms with Crippen LogP contribution in [-0.4, -0.2) is 36.6 Å². The molecule has 3 heteroatoms. The van der Waals surface area contributed by atoms with Crippen molar-refractivity contribution in [2.45, 2.75) is 38.8 Å². The van der Waals surface area contributed by atoms with E-state index in [1.165, 1.54) is 13.5 Å². The van der Waals surface area contributed by atoms with Gasteiger partial charge in [0, 0.05) is 6.04 Å². The maximum Gasteiger partial charge on any atom is 0.324 e. The lowest BCUT2D eigenvalue weighted by Crippen LogP contribution is -2.15. The molecule has 0 aromatic carbocycles. The minimum Gasteiger partial charge on any atom is -0.468 e. The Hall–Kier alpha value is -0.570. The van der Waals surface area contributed by atoms with Gasteiger partial charge in [0.15, 0.2) is 0 Å². The zero-order valence-corrected chi connectivity index (χ0v) is 8.04. The summed E-state index contributed by atoms with van der Waals surface area (Å²) in [6, 6.07) is 0.436. The molecule has 0 saturated carbocycles. The Labute approximate surface area is 73.7 Å². The van der Waals surface area contributed by atoms with Crippen molar-refractivity contribution in [1.82, 2.24) is 4.90 Å². The minimum atomic E-state index is -0.0846. The Balaban J connectivity index is 2.27. The summed E-state index contributed by atoms with van der Waals surface area (Å²) in [7, 11) is 1.45. The quantitative estimate of drug-likeness (QED) is 0.467. The summed E-state index contributed by atoms with van der Waals surface area (Å²) in [6.07, 6.45) is 2.34. The third-order valence-corrected chi connectivity index (χ3v) is 2.46. The summed E-state index contributed by atoms with van der Waals surface area (Å²) in [4.78, 5) is 13.3. The van der Waals surface area contributed by atoms with E-state index in [1.54, 1.807) is 0 Å². The number of ether oxygens (including phenoxy) is 1. The van der Waals surface area contributed by atoms with Gasteiger partial charge in [-0.15, -0.1) is 0 Å². The smallest absolute Gasteiger partial charge is 0.324 e. The normalized spacial score (nSPS) is 33.1. The standard InChI is InChI=1S/C9H17NO2/c1-4-5-6-10-7(2)8(10)9(11)12-3/h7-8H,4-6H2,1-3H3. The first-order valence-corrected chi connectivity index (χ1v) is 4.56. The largest absolute Gasteiger partial charge is 0.468 e. The average Bonchev–Trinajstić information content (AvgIpc) is 2.72. The van der Waals surface area contributed by atoms with E-state index < -0.39 is 0 Å². The minimum absolute atomic E-state index is 0.0431. The Morgan fingerprint density at radius 3 is 2.75 bits per heavy atom. The van der Waals surface area contributed by atoms with Gasteiger partial charge in [0.2, 0.25) is 0 Å². The van der Waals surface area contributed by atoms with E-state index in [-0.39, 0.29) is 12.0 Å². The number of methoxy groups -OCH3 is 1. The molecule has 1 saturated heterocycles. The van der Waals surface area contributed by atoms with Crippen LogP contribution in [0.3, 0.4) is 0 Å². The molecule has 1 rings (SSSR count). The van der Waals surface area contributed by atoms with Gasteiger partial charge >= 0.3 is 5.97 Å². The molecule has 1 heterocycles. The van der Waals surface area contributed by atoms with Crippen molar-refractivity contribution in [2.75, 3.05) is 13.7 Å². The summed E-state index contributed by atoms with van der Waals surface area (Å²) in [5.74, 6) is -0.0846. The van der Waals surface area contributed by atoms with Gasteiger partial charge in [-0.1, -0.05) is 13.3 Å². The second-order valence-electron chi connectivity index (χ2n) is 3.30. The van der Waals surface area contributed by atoms with Crippen LogP contribution >= 0.6 is 0 Å². The molecule has 0 N–H and O–H groups in total. The van der Waals surface area contributed by atoms with Crippen molar-refractivity contribution in [1.29, 1.82) is 0 Å². The van der Waals surface area contributed by atoms with Crippen LogP contribution in [0.5, 0.6) is 0 Å². The van der Waals surface area contributed by atoms with E-state index in [4.69, 9.17) is 0 Å². The van der Waals surface area contributed by atoms with Crippen molar-refractivity contribution in [3.8, 4) is 0 Å². The fraction of sp³-hybridized carbons (Fsp3) is 0.889. The SMILES string of the molecule is CCCCN1C(C)C1C(=O)OC. The van der Waals surface area contributed by atoms with Gasteiger partial charge in [0.05, 0.1) is 7.11 Å². The van der Waals surface area contributed by atoms with Gasteiger partial charge in [-0.3, -0.25) is 9.69 Å². The third-order valence-electron chi connectivity index (χ3n) is 2.46. The number of esters is 1. The summed E-state index contributed by atoms with van der Waals surface area (Å²) in [5, 5.41) is 0. The van der Waals surface area contributed by atoms with E-state index in [2.05, 4.69) is 23.5 Å². The first kappa shape index (κ1) is 9.52. The molecule has 12 heavy (non-hydrogen) atoms. The molecular formula is C9H17NO2. The number of carbonyl (C=O) groups excluding carboxylic acids is 1. The number of nitrogens with zero attached hydrogens (tertiary/aromatic N) is 1. The Kier molecular flexibility index (Phi) is 3.09. The predicted octanol–water partition coefficient (Wildman–Crippen LogP) is 1.03. The zero-order valence-electron chi connectivity index (χ0n) is 8.04. The van der Waals surface area contributed by atoms with Gasteiger partial charge in [0.1, 0.15) is 6.04 Å². The summed E-state index contributed by atoms with van der Waals surface area (Å²) in [5.41, 5.74) is 0. The van der Waals surface area contributed by atoms with Crippen molar-refractivity contribution in [2.24, 2.45) is 0 Å². The highest BCUT2D eigenvalue weighted by Gasteiger charge is 2.49. The van der Waals surface area contributed by atoms with E-state index >= 15 is 0 Å². The molecule has 3 unspecified atom stereocenters. The number of hydrogen-bond donors (Lipinski definition) is 0. The van der Waals surface area contributed by atoms with E-state index in [9.17, 15) is 4.79 Å². The highest BCUT2D eigenvalue weighted by Crippen LogP contribution is 2.28. The van der Waals surface area contributed by atoms with Gasteiger partial charge in [0.25, 0.3) is 0 Å². The van der Waals surface area contributed by atoms with E-state index in [0.29, 0.717) is 6.04 Å². The number of unbranched alkanes of at least 4 members (excludes halogenated alkanes) is 1. The average molecular weight is 171 g/mol. The van der Waals surface area contributed by atoms with Crippen LogP contribution in [-0.2, 0) is 9.53 Å². The monoisotopic (exact) mass is 171 g/mol. The Bertz CT molecular complexity index is 170. The van der Waals surface area contributed by atoms with E-state index in [1.807, 2.05) is 0 Å². The summed E-state index contributed by atoms with van der Waals surface area (Å²) in [6.45, 7) is 5.25. The molecular weight excluding hydrogens is 154 g/mol. The molecule has 1 fully saturated rings. The lowest BCUT2D eigenvalue weighted by molar-refractivity contribution is -0.140. The molecule has 0 aromatic rings. The van der Waals surface area contributed by atoms with Crippen LogP contribution in [0.25, 0.3) is 0 Å². The maximum absolute atomic E-state index is 11.1. The third kappa shape index (κ3) is 1.78. The van der Waals surface area contributed by atoms with Crippen molar-refractivity contribution >= 4 is 5.97 Å². The highest BCUT2D eigenvalue weighted by atomic mass is 16.5. The fourth-order valence-electron chi connectivity index (χ4n) is 1.55. The zero-order chi connectivity index (χ0) is 9.14. The highest BCUT2D eigenvalue weighted by molar-refractivity contribution is 5.79. The van der Waals surface area contributed by atoms with Crippen molar-refractivity contribution < 1.29 is 9.53 Å². The molecule has 3 nitrogen and oxygen atoms in total. The Morgan fingerprint density at radius 1 is 1.58 bits per heavy atom. The molecule has 0 spiro atoms. The fourth-order valence-corrected chi connectivity index (χ4v) is 1.55. The van der Waals surface area contributed by atoms with Crippen LogP contribution in [0, 0.1) is 0 Å². The lowest BCUT2D eigenvalue weighted by Gasteiger charge is -2.00. The van der Waals surface area contributed by atoms with Crippen LogP contribution in [0.1, 0.15) is 26.7 Å². The summed E-state index contributed by atoms with van der Waals surface area (Å²) >= 11 is 0. The first-order valence-electron chi connectivity index (χ1n) is 4.56. The lowest BCUT2D eigenvalue weighted by atomic mass is 10.3. The molecule has 1 aliphatic heterocycles. The Morgan fingerprint density at radius 2 is 2.25 bits per heavy atom. The van der Waals surface area contributed by atoms with Gasteiger partial charge in [-0.2, -0.15) is 0 Å². The predicted molar refractivity (Wildman–Crippen MR) is 46.9 cm³/mol. The van der Waals surface area contributed by atoms with Crippen molar-refractivity contribution in [3.63, 3.8) is 0 Å². The maximum atomic E-state index is 11.1. The van der Waals surface area contributed by atoms with Crippen LogP contribution in [0.4, 0.5) is 0 Å². The molecule has 0 amide bonds. The summed E-state index contributed by atoms with van der Waals surface area (Å²) < 4.78 is 4.67. The van der Waals surface area contributed by atoms with Gasteiger partial charge in [-0.05, 0) is 19.9 Å². The topological polar surface area (TPSA) is 29.3 Å². The molecule has 1 aliphatic rings.